The zero-order chi connectivity index (χ0) is 14.3. The largest absolute Gasteiger partial charge is 0.480 e. The van der Waals surface area contributed by atoms with Gasteiger partial charge in [-0.3, -0.25) is 9.69 Å². The second kappa shape index (κ2) is 5.03. The maximum atomic E-state index is 11.6. The lowest BCUT2D eigenvalue weighted by molar-refractivity contribution is -0.142. The number of carboxylic acid groups (broad SMARTS) is 1. The molecule has 110 valence electrons. The molecule has 1 aliphatic carbocycles. The molecule has 1 aliphatic heterocycles. The zero-order valence-electron chi connectivity index (χ0n) is 11.2. The van der Waals surface area contributed by atoms with Gasteiger partial charge in [0.25, 0.3) is 0 Å². The first kappa shape index (κ1) is 14.7. The van der Waals surface area contributed by atoms with Crippen LogP contribution in [0.3, 0.4) is 0 Å². The Kier molecular flexibility index (Phi) is 3.90. The first-order chi connectivity index (χ1) is 8.72. The molecule has 6 nitrogen and oxygen atoms in total. The molecular weight excluding hydrogens is 268 g/mol. The van der Waals surface area contributed by atoms with E-state index < -0.39 is 21.3 Å². The molecule has 0 aromatic heterocycles. The van der Waals surface area contributed by atoms with Crippen molar-refractivity contribution >= 4 is 15.8 Å². The summed E-state index contributed by atoms with van der Waals surface area (Å²) < 4.78 is 23.3. The molecule has 0 aromatic carbocycles. The van der Waals surface area contributed by atoms with Gasteiger partial charge in [-0.15, -0.1) is 0 Å². The van der Waals surface area contributed by atoms with Gasteiger partial charge >= 0.3 is 5.97 Å². The van der Waals surface area contributed by atoms with E-state index in [-0.39, 0.29) is 11.3 Å². The Hall–Kier alpha value is -0.660. The van der Waals surface area contributed by atoms with E-state index in [9.17, 15) is 13.2 Å². The highest BCUT2D eigenvalue weighted by Gasteiger charge is 2.44. The van der Waals surface area contributed by atoms with Gasteiger partial charge in [-0.1, -0.05) is 6.42 Å². The van der Waals surface area contributed by atoms with E-state index >= 15 is 0 Å². The zero-order valence-corrected chi connectivity index (χ0v) is 12.0. The number of rotatable bonds is 3. The van der Waals surface area contributed by atoms with Crippen LogP contribution in [0.15, 0.2) is 0 Å². The van der Waals surface area contributed by atoms with Crippen LogP contribution in [0.2, 0.25) is 0 Å². The standard InChI is InChI=1S/C12H22N2O4S/c1-19(17,18)10-4-2-3-9(7-10)14-6-5-12(13,8-14)11(15)16/h9-10H,2-8,13H2,1H3,(H,15,16). The summed E-state index contributed by atoms with van der Waals surface area (Å²) in [4.78, 5) is 13.2. The van der Waals surface area contributed by atoms with Crippen LogP contribution in [0.4, 0.5) is 0 Å². The number of sulfone groups is 1. The van der Waals surface area contributed by atoms with Crippen LogP contribution in [0.5, 0.6) is 0 Å². The Balaban J connectivity index is 2.02. The molecular formula is C12H22N2O4S. The molecule has 3 atom stereocenters. The van der Waals surface area contributed by atoms with Gasteiger partial charge in [0.15, 0.2) is 0 Å². The average molecular weight is 290 g/mol. The highest BCUT2D eigenvalue weighted by atomic mass is 32.2. The van der Waals surface area contributed by atoms with E-state index in [1.54, 1.807) is 0 Å². The fourth-order valence-electron chi connectivity index (χ4n) is 3.19. The number of carbonyl (C=O) groups is 1. The Morgan fingerprint density at radius 3 is 2.63 bits per heavy atom. The van der Waals surface area contributed by atoms with Crippen LogP contribution in [0.25, 0.3) is 0 Å². The van der Waals surface area contributed by atoms with E-state index in [4.69, 9.17) is 10.8 Å². The second-order valence-electron chi connectivity index (χ2n) is 5.95. The van der Waals surface area contributed by atoms with E-state index in [2.05, 4.69) is 4.90 Å². The van der Waals surface area contributed by atoms with Crippen molar-refractivity contribution in [2.45, 2.75) is 48.9 Å². The average Bonchev–Trinajstić information content (AvgIpc) is 2.73. The lowest BCUT2D eigenvalue weighted by Crippen LogP contribution is -2.51. The van der Waals surface area contributed by atoms with Crippen molar-refractivity contribution < 1.29 is 18.3 Å². The van der Waals surface area contributed by atoms with Crippen molar-refractivity contribution in [3.8, 4) is 0 Å². The van der Waals surface area contributed by atoms with Crippen LogP contribution in [-0.2, 0) is 14.6 Å². The van der Waals surface area contributed by atoms with E-state index in [1.807, 2.05) is 0 Å². The summed E-state index contributed by atoms with van der Waals surface area (Å²) in [6.07, 6.45) is 4.85. The van der Waals surface area contributed by atoms with Gasteiger partial charge in [0, 0.05) is 25.4 Å². The smallest absolute Gasteiger partial charge is 0.325 e. The van der Waals surface area contributed by atoms with Crippen LogP contribution < -0.4 is 5.73 Å². The number of nitrogens with zero attached hydrogens (tertiary/aromatic N) is 1. The summed E-state index contributed by atoms with van der Waals surface area (Å²) in [6.45, 7) is 0.966. The van der Waals surface area contributed by atoms with Crippen LogP contribution in [0, 0.1) is 0 Å². The fourth-order valence-corrected chi connectivity index (χ4v) is 4.36. The number of likely N-dealkylation sites (tertiary alicyclic amines) is 1. The molecule has 0 amide bonds. The van der Waals surface area contributed by atoms with Gasteiger partial charge in [-0.05, 0) is 25.7 Å². The van der Waals surface area contributed by atoms with Gasteiger partial charge < -0.3 is 10.8 Å². The Labute approximate surface area is 113 Å². The molecule has 0 bridgehead atoms. The van der Waals surface area contributed by atoms with Gasteiger partial charge in [0.1, 0.15) is 15.4 Å². The minimum absolute atomic E-state index is 0.151. The first-order valence-electron chi connectivity index (χ1n) is 6.67. The molecule has 0 aromatic rings. The molecule has 3 N–H and O–H groups in total. The van der Waals surface area contributed by atoms with Gasteiger partial charge in [-0.25, -0.2) is 8.42 Å². The molecule has 1 heterocycles. The highest BCUT2D eigenvalue weighted by Crippen LogP contribution is 2.31. The lowest BCUT2D eigenvalue weighted by Gasteiger charge is -2.35. The molecule has 0 radical (unpaired) electrons. The van der Waals surface area contributed by atoms with E-state index in [0.717, 1.165) is 19.3 Å². The number of hydrogen-bond acceptors (Lipinski definition) is 5. The van der Waals surface area contributed by atoms with Gasteiger partial charge in [-0.2, -0.15) is 0 Å². The van der Waals surface area contributed by atoms with Crippen molar-refractivity contribution in [3.05, 3.63) is 0 Å². The third-order valence-corrected chi connectivity index (χ3v) is 6.12. The summed E-state index contributed by atoms with van der Waals surface area (Å²) in [7, 11) is -3.01. The van der Waals surface area contributed by atoms with Crippen molar-refractivity contribution in [2.75, 3.05) is 19.3 Å². The SMILES string of the molecule is CS(=O)(=O)C1CCCC(N2CCC(N)(C(=O)O)C2)C1. The quantitative estimate of drug-likeness (QED) is 0.748. The van der Waals surface area contributed by atoms with Gasteiger partial charge in [0.05, 0.1) is 5.25 Å². The Bertz CT molecular complexity index is 464. The second-order valence-corrected chi connectivity index (χ2v) is 8.28. The Morgan fingerprint density at radius 2 is 2.11 bits per heavy atom. The maximum absolute atomic E-state index is 11.6. The predicted octanol–water partition coefficient (Wildman–Crippen LogP) is -0.170. The minimum atomic E-state index is -3.01. The number of hydrogen-bond donors (Lipinski definition) is 2. The van der Waals surface area contributed by atoms with E-state index in [1.165, 1.54) is 6.26 Å². The highest BCUT2D eigenvalue weighted by molar-refractivity contribution is 7.91. The molecule has 2 fully saturated rings. The summed E-state index contributed by atoms with van der Waals surface area (Å²) in [5.41, 5.74) is 4.69. The van der Waals surface area contributed by atoms with Crippen LogP contribution >= 0.6 is 0 Å². The number of nitrogens with two attached hydrogens (primary N) is 1. The Morgan fingerprint density at radius 1 is 1.42 bits per heavy atom. The van der Waals surface area contributed by atoms with E-state index in [0.29, 0.717) is 25.9 Å². The summed E-state index contributed by atoms with van der Waals surface area (Å²) in [5.74, 6) is -0.967. The number of carboxylic acids is 1. The third kappa shape index (κ3) is 3.09. The van der Waals surface area contributed by atoms with Crippen molar-refractivity contribution in [1.29, 1.82) is 0 Å². The van der Waals surface area contributed by atoms with Crippen molar-refractivity contribution in [3.63, 3.8) is 0 Å². The molecule has 7 heteroatoms. The number of aliphatic carboxylic acids is 1. The molecule has 2 aliphatic rings. The van der Waals surface area contributed by atoms with Gasteiger partial charge in [0.2, 0.25) is 0 Å². The van der Waals surface area contributed by atoms with Crippen LogP contribution in [0.1, 0.15) is 32.1 Å². The minimum Gasteiger partial charge on any atom is -0.480 e. The summed E-state index contributed by atoms with van der Waals surface area (Å²) in [6, 6.07) is 0.151. The monoisotopic (exact) mass is 290 g/mol. The molecule has 1 saturated carbocycles. The first-order valence-corrected chi connectivity index (χ1v) is 8.63. The van der Waals surface area contributed by atoms with Crippen molar-refractivity contribution in [2.24, 2.45) is 5.73 Å². The third-order valence-electron chi connectivity index (χ3n) is 4.48. The van der Waals surface area contributed by atoms with Crippen molar-refractivity contribution in [1.82, 2.24) is 4.90 Å². The molecule has 19 heavy (non-hydrogen) atoms. The summed E-state index contributed by atoms with van der Waals surface area (Å²) in [5, 5.41) is 8.83. The lowest BCUT2D eigenvalue weighted by atomic mass is 9.93. The fraction of sp³-hybridized carbons (Fsp3) is 0.917. The molecule has 1 saturated heterocycles. The normalized spacial score (nSPS) is 37.4. The maximum Gasteiger partial charge on any atom is 0.325 e. The van der Waals surface area contributed by atoms with Crippen LogP contribution in [-0.4, -0.2) is 60.6 Å². The molecule has 3 unspecified atom stereocenters. The molecule has 2 rings (SSSR count). The summed E-state index contributed by atoms with van der Waals surface area (Å²) >= 11 is 0. The molecule has 0 spiro atoms. The predicted molar refractivity (Wildman–Crippen MR) is 71.6 cm³/mol. The topological polar surface area (TPSA) is 101 Å².